The smallest absolute Gasteiger partial charge is 0.446 e. The van der Waals surface area contributed by atoms with E-state index >= 15 is 0 Å². The van der Waals surface area contributed by atoms with Crippen molar-refractivity contribution < 1.29 is 22.8 Å². The fourth-order valence-electron chi connectivity index (χ4n) is 4.34. The lowest BCUT2D eigenvalue weighted by Gasteiger charge is -2.28. The molecule has 1 aliphatic carbocycles. The number of hydrogen-bond acceptors (Lipinski definition) is 5. The second-order valence-electron chi connectivity index (χ2n) is 8.85. The van der Waals surface area contributed by atoms with Crippen molar-refractivity contribution in [3.05, 3.63) is 12.2 Å². The lowest BCUT2D eigenvalue weighted by Crippen LogP contribution is -2.46. The molecule has 1 amide bonds. The number of alkyl carbamates (subject to hydrolysis) is 1. The molecule has 0 radical (unpaired) electrons. The number of carbonyl (C=O) groups is 1. The van der Waals surface area contributed by atoms with E-state index in [1.807, 2.05) is 20.8 Å². The molecule has 6 nitrogen and oxygen atoms in total. The first-order chi connectivity index (χ1) is 16.2. The molecular formula is C26H51NO5Si. The van der Waals surface area contributed by atoms with Crippen molar-refractivity contribution in [1.82, 2.24) is 5.32 Å². The molecule has 0 heterocycles. The van der Waals surface area contributed by atoms with Gasteiger partial charge in [0.2, 0.25) is 0 Å². The molecule has 0 aliphatic heterocycles. The highest BCUT2D eigenvalue weighted by Crippen LogP contribution is 2.19. The number of allylic oxidation sites excluding steroid dienone is 2. The monoisotopic (exact) mass is 485 g/mol. The van der Waals surface area contributed by atoms with Crippen LogP contribution in [0.15, 0.2) is 12.2 Å². The Labute approximate surface area is 204 Å². The molecule has 0 spiro atoms. The Bertz CT molecular complexity index is 486. The van der Waals surface area contributed by atoms with E-state index in [4.69, 9.17) is 18.0 Å². The van der Waals surface area contributed by atoms with Crippen molar-refractivity contribution >= 4 is 14.9 Å². The molecule has 7 heteroatoms. The van der Waals surface area contributed by atoms with Crippen LogP contribution < -0.4 is 5.32 Å². The number of amides is 1. The van der Waals surface area contributed by atoms with E-state index in [0.29, 0.717) is 32.4 Å². The summed E-state index contributed by atoms with van der Waals surface area (Å²) < 4.78 is 23.5. The van der Waals surface area contributed by atoms with E-state index in [9.17, 15) is 4.79 Å². The molecule has 0 aromatic rings. The van der Waals surface area contributed by atoms with Gasteiger partial charge in [-0.2, -0.15) is 0 Å². The molecule has 194 valence electrons. The minimum Gasteiger partial charge on any atom is -0.446 e. The minimum atomic E-state index is -2.65. The maximum absolute atomic E-state index is 12.4. The molecule has 1 atom stereocenters. The van der Waals surface area contributed by atoms with Crippen LogP contribution in [0.2, 0.25) is 6.04 Å². The van der Waals surface area contributed by atoms with Crippen LogP contribution in [-0.2, 0) is 18.0 Å². The van der Waals surface area contributed by atoms with Crippen LogP contribution in [0.3, 0.4) is 0 Å². The van der Waals surface area contributed by atoms with Gasteiger partial charge in [0.1, 0.15) is 6.10 Å². The SMILES string of the molecule is CCO[Si](CCCNC(=O)OC1CCCCCC/C=C\CCCCCCC1)(OCC)OCC. The highest BCUT2D eigenvalue weighted by atomic mass is 28.4. The van der Waals surface area contributed by atoms with Crippen molar-refractivity contribution in [3.63, 3.8) is 0 Å². The van der Waals surface area contributed by atoms with Gasteiger partial charge in [0.25, 0.3) is 0 Å². The third-order valence-corrected chi connectivity index (χ3v) is 9.16. The Morgan fingerprint density at radius 3 is 1.79 bits per heavy atom. The van der Waals surface area contributed by atoms with Gasteiger partial charge in [0, 0.05) is 32.4 Å². The summed E-state index contributed by atoms with van der Waals surface area (Å²) in [6, 6.07) is 0.696. The first-order valence-corrected chi connectivity index (χ1v) is 15.6. The number of hydrogen-bond donors (Lipinski definition) is 1. The second kappa shape index (κ2) is 20.5. The topological polar surface area (TPSA) is 66.0 Å². The van der Waals surface area contributed by atoms with Crippen LogP contribution in [0.4, 0.5) is 4.79 Å². The fourth-order valence-corrected chi connectivity index (χ4v) is 6.95. The van der Waals surface area contributed by atoms with Crippen LogP contribution in [0.25, 0.3) is 0 Å². The highest BCUT2D eigenvalue weighted by molar-refractivity contribution is 6.60. The van der Waals surface area contributed by atoms with E-state index in [2.05, 4.69) is 17.5 Å². The Hall–Kier alpha value is -0.893. The number of rotatable bonds is 11. The zero-order valence-electron chi connectivity index (χ0n) is 21.7. The molecule has 33 heavy (non-hydrogen) atoms. The van der Waals surface area contributed by atoms with E-state index in [0.717, 1.165) is 32.1 Å². The molecule has 0 saturated heterocycles. The van der Waals surface area contributed by atoms with Crippen LogP contribution in [0, 0.1) is 0 Å². The summed E-state index contributed by atoms with van der Waals surface area (Å²) in [5, 5.41) is 2.94. The normalized spacial score (nSPS) is 20.8. The molecule has 0 saturated carbocycles. The Morgan fingerprint density at radius 2 is 1.27 bits per heavy atom. The quantitative estimate of drug-likeness (QED) is 0.191. The lowest BCUT2D eigenvalue weighted by molar-refractivity contribution is 0.0697. The van der Waals surface area contributed by atoms with Crippen LogP contribution in [-0.4, -0.2) is 47.4 Å². The first kappa shape index (κ1) is 30.1. The molecule has 1 rings (SSSR count). The van der Waals surface area contributed by atoms with Crippen LogP contribution in [0.1, 0.15) is 111 Å². The molecule has 0 aromatic carbocycles. The molecule has 0 aromatic heterocycles. The van der Waals surface area contributed by atoms with Crippen molar-refractivity contribution in [2.75, 3.05) is 26.4 Å². The van der Waals surface area contributed by atoms with Gasteiger partial charge in [0.15, 0.2) is 0 Å². The third kappa shape index (κ3) is 15.6. The fraction of sp³-hybridized carbons (Fsp3) is 0.885. The number of carbonyl (C=O) groups excluding carboxylic acids is 1. The Kier molecular flexibility index (Phi) is 18.7. The molecule has 1 N–H and O–H groups in total. The lowest BCUT2D eigenvalue weighted by atomic mass is 10.0. The molecule has 1 aliphatic rings. The Morgan fingerprint density at radius 1 is 0.788 bits per heavy atom. The average molecular weight is 486 g/mol. The molecule has 0 bridgehead atoms. The second-order valence-corrected chi connectivity index (χ2v) is 11.6. The van der Waals surface area contributed by atoms with Gasteiger partial charge >= 0.3 is 14.9 Å². The predicted molar refractivity (Wildman–Crippen MR) is 137 cm³/mol. The van der Waals surface area contributed by atoms with Gasteiger partial charge in [-0.1, -0.05) is 44.3 Å². The third-order valence-electron chi connectivity index (χ3n) is 6.01. The zero-order chi connectivity index (χ0) is 24.0. The van der Waals surface area contributed by atoms with Gasteiger partial charge in [-0.15, -0.1) is 0 Å². The van der Waals surface area contributed by atoms with E-state index in [1.165, 1.54) is 57.8 Å². The first-order valence-electron chi connectivity index (χ1n) is 13.7. The van der Waals surface area contributed by atoms with E-state index in [1.54, 1.807) is 0 Å². The summed E-state index contributed by atoms with van der Waals surface area (Å²) in [5.41, 5.74) is 0. The molecule has 1 unspecified atom stereocenters. The number of nitrogens with one attached hydrogen (secondary N) is 1. The maximum Gasteiger partial charge on any atom is 0.500 e. The Balaban J connectivity index is 2.40. The summed E-state index contributed by atoms with van der Waals surface area (Å²) in [6.45, 7) is 8.13. The predicted octanol–water partition coefficient (Wildman–Crippen LogP) is 7.16. The molecule has 0 fully saturated rings. The highest BCUT2D eigenvalue weighted by Gasteiger charge is 2.39. The van der Waals surface area contributed by atoms with E-state index in [-0.39, 0.29) is 12.2 Å². The summed E-state index contributed by atoms with van der Waals surface area (Å²) in [6.07, 6.45) is 20.7. The number of ether oxygens (including phenoxy) is 1. The summed E-state index contributed by atoms with van der Waals surface area (Å²) >= 11 is 0. The van der Waals surface area contributed by atoms with Gasteiger partial charge in [-0.25, -0.2) is 4.79 Å². The molecular weight excluding hydrogens is 434 g/mol. The standard InChI is InChI=1S/C26H51NO5Si/c1-4-29-33(30-5-2,31-6-3)24-20-23-27-26(28)32-25-21-18-16-14-12-10-8-7-9-11-13-15-17-19-22-25/h7-8,25H,4-6,9-24H2,1-3H3,(H,27,28)/b8-7-. The van der Waals surface area contributed by atoms with Gasteiger partial charge in [0.05, 0.1) is 0 Å². The van der Waals surface area contributed by atoms with Crippen molar-refractivity contribution in [2.24, 2.45) is 0 Å². The van der Waals surface area contributed by atoms with Crippen molar-refractivity contribution in [3.8, 4) is 0 Å². The maximum atomic E-state index is 12.4. The van der Waals surface area contributed by atoms with Gasteiger partial charge < -0.3 is 23.3 Å². The summed E-state index contributed by atoms with van der Waals surface area (Å²) in [4.78, 5) is 12.4. The minimum absolute atomic E-state index is 0.0292. The summed E-state index contributed by atoms with van der Waals surface area (Å²) in [7, 11) is -2.65. The van der Waals surface area contributed by atoms with E-state index < -0.39 is 8.80 Å². The van der Waals surface area contributed by atoms with Crippen molar-refractivity contribution in [1.29, 1.82) is 0 Å². The van der Waals surface area contributed by atoms with Crippen LogP contribution >= 0.6 is 0 Å². The van der Waals surface area contributed by atoms with Crippen molar-refractivity contribution in [2.45, 2.75) is 123 Å². The summed E-state index contributed by atoms with van der Waals surface area (Å²) in [5.74, 6) is 0. The van der Waals surface area contributed by atoms with Gasteiger partial charge in [-0.05, 0) is 78.6 Å². The van der Waals surface area contributed by atoms with Crippen LogP contribution in [0.5, 0.6) is 0 Å². The average Bonchev–Trinajstić information content (AvgIpc) is 2.79. The zero-order valence-corrected chi connectivity index (χ0v) is 22.7. The largest absolute Gasteiger partial charge is 0.500 e. The van der Waals surface area contributed by atoms with Gasteiger partial charge in [-0.3, -0.25) is 0 Å².